The summed E-state index contributed by atoms with van der Waals surface area (Å²) >= 11 is 1.50. The van der Waals surface area contributed by atoms with Crippen molar-refractivity contribution >= 4 is 22.3 Å². The van der Waals surface area contributed by atoms with Gasteiger partial charge in [-0.25, -0.2) is 4.39 Å². The van der Waals surface area contributed by atoms with Gasteiger partial charge in [-0.3, -0.25) is 0 Å². The fourth-order valence-electron chi connectivity index (χ4n) is 1.78. The number of halogens is 1. The van der Waals surface area contributed by atoms with Crippen LogP contribution in [0.2, 0.25) is 0 Å². The molecule has 17 heavy (non-hydrogen) atoms. The Morgan fingerprint density at radius 3 is 2.88 bits per heavy atom. The lowest BCUT2D eigenvalue weighted by atomic mass is 10.1. The van der Waals surface area contributed by atoms with E-state index in [1.807, 2.05) is 16.8 Å². The van der Waals surface area contributed by atoms with Crippen molar-refractivity contribution < 1.29 is 13.9 Å². The summed E-state index contributed by atoms with van der Waals surface area (Å²) in [7, 11) is 0. The third-order valence-corrected chi connectivity index (χ3v) is 3.35. The number of fused-ring (bicyclic) bond motifs is 1. The molecule has 0 amide bonds. The predicted octanol–water partition coefficient (Wildman–Crippen LogP) is 3.72. The first-order chi connectivity index (χ1) is 8.25. The van der Waals surface area contributed by atoms with Gasteiger partial charge in [0.1, 0.15) is 11.9 Å². The van der Waals surface area contributed by atoms with Crippen molar-refractivity contribution in [3.8, 4) is 0 Å². The van der Waals surface area contributed by atoms with Crippen LogP contribution < -0.4 is 0 Å². The summed E-state index contributed by atoms with van der Waals surface area (Å²) in [5, 5.41) is 14.4. The summed E-state index contributed by atoms with van der Waals surface area (Å²) in [6.07, 6.45) is -0.840. The summed E-state index contributed by atoms with van der Waals surface area (Å²) in [6.45, 7) is 0. The lowest BCUT2D eigenvalue weighted by Crippen LogP contribution is -1.94. The molecule has 2 heterocycles. The molecule has 0 aliphatic carbocycles. The second-order valence-electron chi connectivity index (χ2n) is 3.77. The van der Waals surface area contributed by atoms with Crippen LogP contribution in [0.15, 0.2) is 45.5 Å². The summed E-state index contributed by atoms with van der Waals surface area (Å²) in [6, 6.07) is 8.20. The molecule has 1 unspecified atom stereocenters. The van der Waals surface area contributed by atoms with Crippen molar-refractivity contribution in [1.82, 2.24) is 0 Å². The fourth-order valence-corrected chi connectivity index (χ4v) is 2.46. The minimum absolute atomic E-state index is 0.191. The van der Waals surface area contributed by atoms with Crippen molar-refractivity contribution in [1.29, 1.82) is 0 Å². The molecule has 0 bridgehead atoms. The number of hydrogen-bond acceptors (Lipinski definition) is 3. The average Bonchev–Trinajstić information content (AvgIpc) is 2.98. The Kier molecular flexibility index (Phi) is 2.46. The number of thiophene rings is 1. The van der Waals surface area contributed by atoms with Crippen molar-refractivity contribution in [3.63, 3.8) is 0 Å². The van der Waals surface area contributed by atoms with Gasteiger partial charge >= 0.3 is 0 Å². The van der Waals surface area contributed by atoms with Crippen LogP contribution in [-0.4, -0.2) is 5.11 Å². The van der Waals surface area contributed by atoms with Gasteiger partial charge in [0, 0.05) is 5.39 Å². The van der Waals surface area contributed by atoms with Crippen molar-refractivity contribution in [2.24, 2.45) is 0 Å². The van der Waals surface area contributed by atoms with Crippen LogP contribution in [0.25, 0.3) is 11.0 Å². The second kappa shape index (κ2) is 3.98. The van der Waals surface area contributed by atoms with E-state index >= 15 is 0 Å². The third kappa shape index (κ3) is 1.75. The lowest BCUT2D eigenvalue weighted by Gasteiger charge is -2.03. The molecule has 1 atom stereocenters. The number of hydrogen-bond donors (Lipinski definition) is 1. The molecule has 0 radical (unpaired) electrons. The van der Waals surface area contributed by atoms with Gasteiger partial charge in [0.05, 0.1) is 0 Å². The number of aliphatic hydroxyl groups is 1. The first-order valence-corrected chi connectivity index (χ1v) is 6.08. The normalized spacial score (nSPS) is 13.1. The summed E-state index contributed by atoms with van der Waals surface area (Å²) < 4.78 is 18.8. The maximum absolute atomic E-state index is 13.4. The van der Waals surface area contributed by atoms with Crippen LogP contribution in [0.3, 0.4) is 0 Å². The van der Waals surface area contributed by atoms with E-state index in [9.17, 15) is 9.50 Å². The zero-order chi connectivity index (χ0) is 11.8. The first kappa shape index (κ1) is 10.5. The first-order valence-electron chi connectivity index (χ1n) is 5.14. The largest absolute Gasteiger partial charge is 0.455 e. The highest BCUT2D eigenvalue weighted by Crippen LogP contribution is 2.30. The average molecular weight is 248 g/mol. The molecule has 86 valence electrons. The third-order valence-electron chi connectivity index (χ3n) is 2.64. The minimum Gasteiger partial charge on any atom is -0.455 e. The summed E-state index contributed by atoms with van der Waals surface area (Å²) in [5.74, 6) is -0.0465. The molecule has 0 aliphatic heterocycles. The molecule has 4 heteroatoms. The predicted molar refractivity (Wildman–Crippen MR) is 64.6 cm³/mol. The summed E-state index contributed by atoms with van der Waals surface area (Å²) in [5.41, 5.74) is 0.950. The number of furan rings is 1. The van der Waals surface area contributed by atoms with Gasteiger partial charge in [0.15, 0.2) is 11.4 Å². The van der Waals surface area contributed by atoms with Gasteiger partial charge in [-0.1, -0.05) is 12.1 Å². The molecule has 0 spiro atoms. The molecular formula is C13H9FO2S. The fraction of sp³-hybridized carbons (Fsp3) is 0.0769. The van der Waals surface area contributed by atoms with E-state index in [4.69, 9.17) is 4.42 Å². The summed E-state index contributed by atoms with van der Waals surface area (Å²) in [4.78, 5) is 0. The molecule has 1 aromatic carbocycles. The number of aliphatic hydroxyl groups excluding tert-OH is 1. The van der Waals surface area contributed by atoms with E-state index < -0.39 is 11.9 Å². The van der Waals surface area contributed by atoms with E-state index in [1.165, 1.54) is 17.4 Å². The van der Waals surface area contributed by atoms with E-state index in [0.717, 1.165) is 5.56 Å². The Morgan fingerprint density at radius 1 is 1.29 bits per heavy atom. The molecule has 0 aliphatic rings. The Morgan fingerprint density at radius 2 is 2.18 bits per heavy atom. The van der Waals surface area contributed by atoms with Gasteiger partial charge in [-0.2, -0.15) is 11.3 Å². The van der Waals surface area contributed by atoms with Crippen molar-refractivity contribution in [2.75, 3.05) is 0 Å². The minimum atomic E-state index is -0.840. The molecule has 0 saturated heterocycles. The van der Waals surface area contributed by atoms with E-state index in [2.05, 4.69) is 0 Å². The molecule has 0 fully saturated rings. The molecular weight excluding hydrogens is 239 g/mol. The van der Waals surface area contributed by atoms with Crippen LogP contribution in [-0.2, 0) is 0 Å². The van der Waals surface area contributed by atoms with Crippen LogP contribution in [0, 0.1) is 5.82 Å². The van der Waals surface area contributed by atoms with Gasteiger partial charge in [-0.05, 0) is 34.5 Å². The standard InChI is InChI=1S/C13H9FO2S/c14-10-3-1-2-8-6-11(16-13(8)10)12(15)9-4-5-17-7-9/h1-7,12,15H. The van der Waals surface area contributed by atoms with Crippen LogP contribution >= 0.6 is 11.3 Å². The quantitative estimate of drug-likeness (QED) is 0.750. The van der Waals surface area contributed by atoms with E-state index in [0.29, 0.717) is 11.1 Å². The Labute approximate surface area is 101 Å². The second-order valence-corrected chi connectivity index (χ2v) is 4.55. The number of rotatable bonds is 2. The van der Waals surface area contributed by atoms with Crippen molar-refractivity contribution in [3.05, 3.63) is 58.2 Å². The Hall–Kier alpha value is -1.65. The van der Waals surface area contributed by atoms with Gasteiger partial charge in [0.2, 0.25) is 0 Å². The molecule has 2 aromatic heterocycles. The number of benzene rings is 1. The molecule has 2 nitrogen and oxygen atoms in total. The lowest BCUT2D eigenvalue weighted by molar-refractivity contribution is 0.192. The van der Waals surface area contributed by atoms with E-state index in [1.54, 1.807) is 18.2 Å². The number of para-hydroxylation sites is 1. The molecule has 3 aromatic rings. The Balaban J connectivity index is 2.10. The van der Waals surface area contributed by atoms with Gasteiger partial charge in [0.25, 0.3) is 0 Å². The highest BCUT2D eigenvalue weighted by molar-refractivity contribution is 7.07. The SMILES string of the molecule is OC(c1ccsc1)c1cc2cccc(F)c2o1. The highest BCUT2D eigenvalue weighted by atomic mass is 32.1. The monoisotopic (exact) mass is 248 g/mol. The maximum Gasteiger partial charge on any atom is 0.170 e. The van der Waals surface area contributed by atoms with Gasteiger partial charge < -0.3 is 9.52 Å². The topological polar surface area (TPSA) is 33.4 Å². The highest BCUT2D eigenvalue weighted by Gasteiger charge is 2.17. The zero-order valence-electron chi connectivity index (χ0n) is 8.76. The Bertz CT molecular complexity index is 643. The van der Waals surface area contributed by atoms with Crippen LogP contribution in [0.5, 0.6) is 0 Å². The zero-order valence-corrected chi connectivity index (χ0v) is 9.58. The van der Waals surface area contributed by atoms with Gasteiger partial charge in [-0.15, -0.1) is 0 Å². The van der Waals surface area contributed by atoms with Crippen LogP contribution in [0.4, 0.5) is 4.39 Å². The molecule has 3 rings (SSSR count). The van der Waals surface area contributed by atoms with E-state index in [-0.39, 0.29) is 5.58 Å². The smallest absolute Gasteiger partial charge is 0.170 e. The molecule has 0 saturated carbocycles. The van der Waals surface area contributed by atoms with Crippen molar-refractivity contribution in [2.45, 2.75) is 6.10 Å². The molecule has 1 N–H and O–H groups in total. The van der Waals surface area contributed by atoms with Crippen LogP contribution in [0.1, 0.15) is 17.4 Å². The maximum atomic E-state index is 13.4.